The van der Waals surface area contributed by atoms with Crippen LogP contribution in [-0.2, 0) is 6.54 Å². The number of nitro benzene ring substituents is 1. The zero-order valence-corrected chi connectivity index (χ0v) is 10.3. The van der Waals surface area contributed by atoms with Gasteiger partial charge in [-0.2, -0.15) is 0 Å². The zero-order chi connectivity index (χ0) is 13.8. The van der Waals surface area contributed by atoms with E-state index in [1.165, 1.54) is 12.1 Å². The molecule has 19 heavy (non-hydrogen) atoms. The lowest BCUT2D eigenvalue weighted by molar-refractivity contribution is -0.384. The molecule has 2 rings (SSSR count). The summed E-state index contributed by atoms with van der Waals surface area (Å²) in [6.07, 6.45) is 5.13. The third-order valence-electron chi connectivity index (χ3n) is 2.60. The molecule has 1 atom stereocenters. The maximum Gasteiger partial charge on any atom is 0.295 e. The Bertz CT molecular complexity index is 571. The molecule has 7 heteroatoms. The molecule has 100 valence electrons. The van der Waals surface area contributed by atoms with Crippen molar-refractivity contribution >= 4 is 11.4 Å². The summed E-state index contributed by atoms with van der Waals surface area (Å²) in [5, 5.41) is 13.9. The molecule has 0 saturated carbocycles. The topological polar surface area (TPSA) is 73.0 Å². The van der Waals surface area contributed by atoms with E-state index in [1.54, 1.807) is 18.7 Å². The van der Waals surface area contributed by atoms with Gasteiger partial charge in [0.15, 0.2) is 0 Å². The lowest BCUT2D eigenvalue weighted by Crippen LogP contribution is -2.21. The standard InChI is InChI=1S/C12H13FN4O2/c1-9(7-16-5-4-14-8-16)15-11-3-2-10(13)6-12(11)17(18)19/h2-6,8-9,15H,7H2,1H3. The van der Waals surface area contributed by atoms with Gasteiger partial charge in [-0.3, -0.25) is 10.1 Å². The van der Waals surface area contributed by atoms with E-state index in [0.29, 0.717) is 12.2 Å². The molecule has 0 radical (unpaired) electrons. The molecule has 0 bridgehead atoms. The Morgan fingerprint density at radius 1 is 1.58 bits per heavy atom. The Morgan fingerprint density at radius 2 is 2.37 bits per heavy atom. The number of imidazole rings is 1. The van der Waals surface area contributed by atoms with Gasteiger partial charge in [0.25, 0.3) is 5.69 Å². The van der Waals surface area contributed by atoms with E-state index in [2.05, 4.69) is 10.3 Å². The van der Waals surface area contributed by atoms with Gasteiger partial charge >= 0.3 is 0 Å². The van der Waals surface area contributed by atoms with Gasteiger partial charge < -0.3 is 9.88 Å². The van der Waals surface area contributed by atoms with Crippen molar-refractivity contribution in [3.05, 3.63) is 52.9 Å². The summed E-state index contributed by atoms with van der Waals surface area (Å²) in [5.41, 5.74) is 0.0384. The van der Waals surface area contributed by atoms with Crippen LogP contribution in [0.5, 0.6) is 0 Å². The second-order valence-electron chi connectivity index (χ2n) is 4.22. The lowest BCUT2D eigenvalue weighted by Gasteiger charge is -2.15. The number of nitrogens with one attached hydrogen (secondary N) is 1. The van der Waals surface area contributed by atoms with Crippen molar-refractivity contribution < 1.29 is 9.31 Å². The van der Waals surface area contributed by atoms with Crippen molar-refractivity contribution in [3.63, 3.8) is 0 Å². The van der Waals surface area contributed by atoms with Gasteiger partial charge in [-0.05, 0) is 19.1 Å². The van der Waals surface area contributed by atoms with E-state index in [0.717, 1.165) is 6.07 Å². The first kappa shape index (κ1) is 13.0. The van der Waals surface area contributed by atoms with Crippen LogP contribution in [0.3, 0.4) is 0 Å². The molecular formula is C12H13FN4O2. The normalized spacial score (nSPS) is 12.1. The summed E-state index contributed by atoms with van der Waals surface area (Å²) in [6, 6.07) is 3.42. The number of hydrogen-bond acceptors (Lipinski definition) is 4. The van der Waals surface area contributed by atoms with Gasteiger partial charge in [0, 0.05) is 25.0 Å². The number of nitrogens with zero attached hydrogens (tertiary/aromatic N) is 3. The number of benzene rings is 1. The van der Waals surface area contributed by atoms with Gasteiger partial charge in [0.05, 0.1) is 17.3 Å². The molecule has 1 N–H and O–H groups in total. The Balaban J connectivity index is 2.12. The van der Waals surface area contributed by atoms with Gasteiger partial charge in [-0.15, -0.1) is 0 Å². The van der Waals surface area contributed by atoms with Crippen LogP contribution in [0.4, 0.5) is 15.8 Å². The lowest BCUT2D eigenvalue weighted by atomic mass is 10.2. The molecule has 0 aliphatic heterocycles. The van der Waals surface area contributed by atoms with Gasteiger partial charge in [0.2, 0.25) is 0 Å². The van der Waals surface area contributed by atoms with Crippen LogP contribution in [0.2, 0.25) is 0 Å². The average molecular weight is 264 g/mol. The maximum absolute atomic E-state index is 13.0. The summed E-state index contributed by atoms with van der Waals surface area (Å²) < 4.78 is 14.9. The number of anilines is 1. The first-order valence-corrected chi connectivity index (χ1v) is 5.72. The minimum absolute atomic E-state index is 0.0571. The Morgan fingerprint density at radius 3 is 3.00 bits per heavy atom. The number of halogens is 1. The first-order chi connectivity index (χ1) is 9.06. The molecule has 0 aliphatic carbocycles. The van der Waals surface area contributed by atoms with Crippen LogP contribution in [0.15, 0.2) is 36.9 Å². The highest BCUT2D eigenvalue weighted by Crippen LogP contribution is 2.25. The molecule has 2 aromatic rings. The molecular weight excluding hydrogens is 251 g/mol. The smallest absolute Gasteiger partial charge is 0.295 e. The molecule has 1 aromatic carbocycles. The van der Waals surface area contributed by atoms with Gasteiger partial charge in [0.1, 0.15) is 11.5 Å². The van der Waals surface area contributed by atoms with Crippen molar-refractivity contribution in [2.45, 2.75) is 19.5 Å². The molecule has 0 spiro atoms. The van der Waals surface area contributed by atoms with Gasteiger partial charge in [-0.25, -0.2) is 9.37 Å². The van der Waals surface area contributed by atoms with E-state index in [4.69, 9.17) is 0 Å². The first-order valence-electron chi connectivity index (χ1n) is 5.72. The van der Waals surface area contributed by atoms with Crippen molar-refractivity contribution in [3.8, 4) is 0 Å². The third kappa shape index (κ3) is 3.27. The average Bonchev–Trinajstić information content (AvgIpc) is 2.83. The van der Waals surface area contributed by atoms with Crippen LogP contribution < -0.4 is 5.32 Å². The SMILES string of the molecule is CC(Cn1ccnc1)Nc1ccc(F)cc1[N+](=O)[O-]. The van der Waals surface area contributed by atoms with E-state index in [1.807, 2.05) is 11.5 Å². The fourth-order valence-corrected chi connectivity index (χ4v) is 1.80. The summed E-state index contributed by atoms with van der Waals surface area (Å²) in [5.74, 6) is -0.625. The van der Waals surface area contributed by atoms with Crippen LogP contribution in [-0.4, -0.2) is 20.5 Å². The second kappa shape index (κ2) is 5.47. The quantitative estimate of drug-likeness (QED) is 0.665. The van der Waals surface area contributed by atoms with Gasteiger partial charge in [-0.1, -0.05) is 0 Å². The van der Waals surface area contributed by atoms with Crippen LogP contribution in [0.25, 0.3) is 0 Å². The summed E-state index contributed by atoms with van der Waals surface area (Å²) >= 11 is 0. The Labute approximate surface area is 109 Å². The third-order valence-corrected chi connectivity index (χ3v) is 2.60. The van der Waals surface area contributed by atoms with Crippen molar-refractivity contribution in [1.82, 2.24) is 9.55 Å². The molecule has 1 unspecified atom stereocenters. The number of nitro groups is 1. The number of hydrogen-bond donors (Lipinski definition) is 1. The summed E-state index contributed by atoms with van der Waals surface area (Å²) in [6.45, 7) is 2.49. The van der Waals surface area contributed by atoms with E-state index >= 15 is 0 Å². The van der Waals surface area contributed by atoms with Crippen LogP contribution in [0, 0.1) is 15.9 Å². The molecule has 6 nitrogen and oxygen atoms in total. The maximum atomic E-state index is 13.0. The molecule has 1 heterocycles. The largest absolute Gasteiger partial charge is 0.375 e. The predicted octanol–water partition coefficient (Wildman–Crippen LogP) is 2.43. The van der Waals surface area contributed by atoms with Crippen molar-refractivity contribution in [1.29, 1.82) is 0 Å². The fourth-order valence-electron chi connectivity index (χ4n) is 1.80. The highest BCUT2D eigenvalue weighted by atomic mass is 19.1. The molecule has 0 amide bonds. The van der Waals surface area contributed by atoms with E-state index < -0.39 is 10.7 Å². The fraction of sp³-hybridized carbons (Fsp3) is 0.250. The summed E-state index contributed by atoms with van der Waals surface area (Å²) in [4.78, 5) is 14.2. The van der Waals surface area contributed by atoms with Crippen LogP contribution >= 0.6 is 0 Å². The second-order valence-corrected chi connectivity index (χ2v) is 4.22. The minimum atomic E-state index is -0.625. The molecule has 0 aliphatic rings. The highest BCUT2D eigenvalue weighted by molar-refractivity contribution is 5.61. The van der Waals surface area contributed by atoms with E-state index in [-0.39, 0.29) is 11.7 Å². The number of rotatable bonds is 5. The van der Waals surface area contributed by atoms with E-state index in [9.17, 15) is 14.5 Å². The molecule has 0 fully saturated rings. The highest BCUT2D eigenvalue weighted by Gasteiger charge is 2.16. The van der Waals surface area contributed by atoms with Crippen molar-refractivity contribution in [2.24, 2.45) is 0 Å². The zero-order valence-electron chi connectivity index (χ0n) is 10.3. The minimum Gasteiger partial charge on any atom is -0.375 e. The monoisotopic (exact) mass is 264 g/mol. The Hall–Kier alpha value is -2.44. The molecule has 0 saturated heterocycles. The van der Waals surface area contributed by atoms with Crippen molar-refractivity contribution in [2.75, 3.05) is 5.32 Å². The van der Waals surface area contributed by atoms with Crippen LogP contribution in [0.1, 0.15) is 6.92 Å². The Kier molecular flexibility index (Phi) is 3.74. The predicted molar refractivity (Wildman–Crippen MR) is 68.4 cm³/mol. The number of aromatic nitrogens is 2. The molecule has 1 aromatic heterocycles. The summed E-state index contributed by atoms with van der Waals surface area (Å²) in [7, 11) is 0.